The third-order valence-corrected chi connectivity index (χ3v) is 5.63. The number of carbonyl (C=O) groups excluding carboxylic acids is 1. The van der Waals surface area contributed by atoms with Crippen molar-refractivity contribution in [3.63, 3.8) is 0 Å². The number of rotatable bonds is 7. The first kappa shape index (κ1) is 20.8. The summed E-state index contributed by atoms with van der Waals surface area (Å²) in [7, 11) is -2.13. The lowest BCUT2D eigenvalue weighted by atomic mass is 10.1. The van der Waals surface area contributed by atoms with Gasteiger partial charge in [0.15, 0.2) is 11.5 Å². The van der Waals surface area contributed by atoms with Crippen LogP contribution in [-0.2, 0) is 14.8 Å². The van der Waals surface area contributed by atoms with E-state index < -0.39 is 15.9 Å². The second kappa shape index (κ2) is 8.60. The predicted molar refractivity (Wildman–Crippen MR) is 109 cm³/mol. The van der Waals surface area contributed by atoms with Crippen molar-refractivity contribution in [3.8, 4) is 17.2 Å². The summed E-state index contributed by atoms with van der Waals surface area (Å²) < 4.78 is 41.7. The van der Waals surface area contributed by atoms with E-state index in [-0.39, 0.29) is 12.6 Å². The molecule has 9 heteroatoms. The molecule has 1 amide bonds. The van der Waals surface area contributed by atoms with Gasteiger partial charge in [0.05, 0.1) is 25.1 Å². The minimum Gasteiger partial charge on any atom is -0.497 e. The van der Waals surface area contributed by atoms with Crippen LogP contribution in [0.4, 0.5) is 5.69 Å². The molecule has 0 spiro atoms. The molecule has 156 valence electrons. The van der Waals surface area contributed by atoms with Crippen LogP contribution in [0.25, 0.3) is 0 Å². The van der Waals surface area contributed by atoms with E-state index >= 15 is 0 Å². The van der Waals surface area contributed by atoms with Crippen LogP contribution in [0.15, 0.2) is 42.5 Å². The van der Waals surface area contributed by atoms with Gasteiger partial charge in [-0.15, -0.1) is 0 Å². The smallest absolute Gasteiger partial charge is 0.241 e. The maximum absolute atomic E-state index is 12.6. The molecule has 0 fully saturated rings. The number of anilines is 1. The van der Waals surface area contributed by atoms with Crippen molar-refractivity contribution in [2.75, 3.05) is 37.4 Å². The summed E-state index contributed by atoms with van der Waals surface area (Å²) in [5, 5.41) is 2.83. The largest absolute Gasteiger partial charge is 0.497 e. The number of ether oxygens (including phenoxy) is 3. The van der Waals surface area contributed by atoms with Crippen molar-refractivity contribution in [2.24, 2.45) is 0 Å². The van der Waals surface area contributed by atoms with Gasteiger partial charge in [-0.3, -0.25) is 9.10 Å². The lowest BCUT2D eigenvalue weighted by Gasteiger charge is -2.24. The Morgan fingerprint density at radius 1 is 1.14 bits per heavy atom. The van der Waals surface area contributed by atoms with Gasteiger partial charge in [0.1, 0.15) is 25.5 Å². The molecular weight excluding hydrogens is 396 g/mol. The molecule has 8 nitrogen and oxygen atoms in total. The van der Waals surface area contributed by atoms with E-state index in [0.717, 1.165) is 16.1 Å². The van der Waals surface area contributed by atoms with Crippen molar-refractivity contribution in [1.82, 2.24) is 5.32 Å². The number of carbonyl (C=O) groups is 1. The van der Waals surface area contributed by atoms with Crippen LogP contribution in [0.1, 0.15) is 18.5 Å². The summed E-state index contributed by atoms with van der Waals surface area (Å²) in [5.74, 6) is 1.47. The summed E-state index contributed by atoms with van der Waals surface area (Å²) in [4.78, 5) is 12.6. The first-order chi connectivity index (χ1) is 13.8. The Morgan fingerprint density at radius 3 is 2.41 bits per heavy atom. The Balaban J connectivity index is 1.71. The van der Waals surface area contributed by atoms with Crippen molar-refractivity contribution in [2.45, 2.75) is 13.0 Å². The third kappa shape index (κ3) is 5.11. The third-order valence-electron chi connectivity index (χ3n) is 4.49. The standard InChI is InChI=1S/C20H24N2O6S/c1-14(15-4-9-18-19(12-15)28-11-10-27-18)21-20(23)13-22(29(3,24)25)16-5-7-17(26-2)8-6-16/h4-9,12,14H,10-11,13H2,1-3H3,(H,21,23)/t14-/m1/s1. The molecule has 3 rings (SSSR count). The van der Waals surface area contributed by atoms with Gasteiger partial charge < -0.3 is 19.5 Å². The molecule has 0 unspecified atom stereocenters. The molecule has 2 aromatic rings. The van der Waals surface area contributed by atoms with Gasteiger partial charge in [-0.05, 0) is 48.9 Å². The van der Waals surface area contributed by atoms with E-state index in [0.29, 0.717) is 36.1 Å². The first-order valence-electron chi connectivity index (χ1n) is 9.08. The monoisotopic (exact) mass is 420 g/mol. The molecule has 0 radical (unpaired) electrons. The van der Waals surface area contributed by atoms with Crippen molar-refractivity contribution < 1.29 is 27.4 Å². The van der Waals surface area contributed by atoms with Crippen LogP contribution in [0.2, 0.25) is 0 Å². The Kier molecular flexibility index (Phi) is 6.17. The van der Waals surface area contributed by atoms with E-state index in [1.807, 2.05) is 19.1 Å². The molecule has 1 aliphatic heterocycles. The lowest BCUT2D eigenvalue weighted by molar-refractivity contribution is -0.120. The number of nitrogens with zero attached hydrogens (tertiary/aromatic N) is 1. The summed E-state index contributed by atoms with van der Waals surface area (Å²) in [6.07, 6.45) is 1.06. The Morgan fingerprint density at radius 2 is 1.79 bits per heavy atom. The van der Waals surface area contributed by atoms with Gasteiger partial charge in [0.25, 0.3) is 0 Å². The fourth-order valence-corrected chi connectivity index (χ4v) is 3.84. The highest BCUT2D eigenvalue weighted by Gasteiger charge is 2.22. The van der Waals surface area contributed by atoms with Crippen molar-refractivity contribution in [1.29, 1.82) is 0 Å². The molecule has 0 saturated heterocycles. The quantitative estimate of drug-likeness (QED) is 0.737. The number of hydrogen-bond acceptors (Lipinski definition) is 6. The van der Waals surface area contributed by atoms with Gasteiger partial charge in [0.2, 0.25) is 15.9 Å². The minimum absolute atomic E-state index is 0.333. The zero-order chi connectivity index (χ0) is 21.0. The highest BCUT2D eigenvalue weighted by Crippen LogP contribution is 2.32. The number of hydrogen-bond donors (Lipinski definition) is 1. The summed E-state index contributed by atoms with van der Waals surface area (Å²) >= 11 is 0. The normalized spacial score (nSPS) is 14.0. The number of amides is 1. The molecule has 1 heterocycles. The van der Waals surface area contributed by atoms with Crippen LogP contribution in [-0.4, -0.2) is 47.4 Å². The second-order valence-electron chi connectivity index (χ2n) is 6.66. The van der Waals surface area contributed by atoms with Crippen LogP contribution in [0.3, 0.4) is 0 Å². The van der Waals surface area contributed by atoms with E-state index in [2.05, 4.69) is 5.32 Å². The van der Waals surface area contributed by atoms with E-state index in [1.165, 1.54) is 7.11 Å². The molecular formula is C20H24N2O6S. The number of nitrogens with one attached hydrogen (secondary N) is 1. The number of sulfonamides is 1. The molecule has 0 aliphatic carbocycles. The lowest BCUT2D eigenvalue weighted by Crippen LogP contribution is -2.41. The average Bonchev–Trinajstić information content (AvgIpc) is 2.71. The Hall–Kier alpha value is -2.94. The van der Waals surface area contributed by atoms with Crippen molar-refractivity contribution in [3.05, 3.63) is 48.0 Å². The van der Waals surface area contributed by atoms with Crippen LogP contribution >= 0.6 is 0 Å². The van der Waals surface area contributed by atoms with Crippen LogP contribution < -0.4 is 23.8 Å². The fourth-order valence-electron chi connectivity index (χ4n) is 2.98. The van der Waals surface area contributed by atoms with Gasteiger partial charge >= 0.3 is 0 Å². The summed E-state index contributed by atoms with van der Waals surface area (Å²) in [5.41, 5.74) is 1.22. The fraction of sp³-hybridized carbons (Fsp3) is 0.350. The number of methoxy groups -OCH3 is 1. The Labute approximate surface area is 170 Å². The zero-order valence-corrected chi connectivity index (χ0v) is 17.4. The first-order valence-corrected chi connectivity index (χ1v) is 10.9. The Bertz CT molecular complexity index is 975. The maximum atomic E-state index is 12.6. The SMILES string of the molecule is COc1ccc(N(CC(=O)N[C@H](C)c2ccc3c(c2)OCCO3)S(C)(=O)=O)cc1. The molecule has 1 atom stereocenters. The molecule has 1 N–H and O–H groups in total. The van der Waals surface area contributed by atoms with Crippen LogP contribution in [0.5, 0.6) is 17.2 Å². The van der Waals surface area contributed by atoms with Gasteiger partial charge in [-0.25, -0.2) is 8.42 Å². The molecule has 2 aromatic carbocycles. The summed E-state index contributed by atoms with van der Waals surface area (Å²) in [6, 6.07) is 11.6. The number of fused-ring (bicyclic) bond motifs is 1. The summed E-state index contributed by atoms with van der Waals surface area (Å²) in [6.45, 7) is 2.47. The van der Waals surface area contributed by atoms with Crippen LogP contribution in [0, 0.1) is 0 Å². The highest BCUT2D eigenvalue weighted by molar-refractivity contribution is 7.92. The maximum Gasteiger partial charge on any atom is 0.241 e. The molecule has 0 bridgehead atoms. The molecule has 1 aliphatic rings. The minimum atomic E-state index is -3.65. The van der Waals surface area contributed by atoms with E-state index in [4.69, 9.17) is 14.2 Å². The predicted octanol–water partition coefficient (Wildman–Crippen LogP) is 2.11. The average molecular weight is 420 g/mol. The molecule has 29 heavy (non-hydrogen) atoms. The molecule has 0 aromatic heterocycles. The number of benzene rings is 2. The second-order valence-corrected chi connectivity index (χ2v) is 8.57. The highest BCUT2D eigenvalue weighted by atomic mass is 32.2. The van der Waals surface area contributed by atoms with Gasteiger partial charge in [0, 0.05) is 0 Å². The van der Waals surface area contributed by atoms with Crippen molar-refractivity contribution >= 4 is 21.6 Å². The zero-order valence-electron chi connectivity index (χ0n) is 16.5. The van der Waals surface area contributed by atoms with E-state index in [1.54, 1.807) is 30.3 Å². The van der Waals surface area contributed by atoms with E-state index in [9.17, 15) is 13.2 Å². The topological polar surface area (TPSA) is 94.2 Å². The molecule has 0 saturated carbocycles. The van der Waals surface area contributed by atoms with Gasteiger partial charge in [-0.2, -0.15) is 0 Å². The van der Waals surface area contributed by atoms with Gasteiger partial charge in [-0.1, -0.05) is 6.07 Å².